The molecule has 0 aromatic carbocycles. The molecular formula is C8H16O3. The molecule has 66 valence electrons. The maximum absolute atomic E-state index is 9.97. The molecule has 3 heteroatoms. The lowest BCUT2D eigenvalue weighted by Crippen LogP contribution is -2.07. The Morgan fingerprint density at radius 3 is 2.82 bits per heavy atom. The Balaban J connectivity index is 3.08. The minimum Gasteiger partial charge on any atom is -0.359 e. The summed E-state index contributed by atoms with van der Waals surface area (Å²) in [5.41, 5.74) is 0. The van der Waals surface area contributed by atoms with Crippen LogP contribution in [0.3, 0.4) is 0 Å². The van der Waals surface area contributed by atoms with Crippen molar-refractivity contribution in [1.82, 2.24) is 0 Å². The average Bonchev–Trinajstić information content (AvgIpc) is 2.01. The van der Waals surface area contributed by atoms with Crippen LogP contribution in [0.1, 0.15) is 19.8 Å². The van der Waals surface area contributed by atoms with Crippen LogP contribution in [-0.2, 0) is 14.3 Å². The normalized spacial score (nSPS) is 12.9. The highest BCUT2D eigenvalue weighted by molar-refractivity contribution is 5.49. The largest absolute Gasteiger partial charge is 0.359 e. The van der Waals surface area contributed by atoms with Crippen molar-refractivity contribution in [3.63, 3.8) is 0 Å². The van der Waals surface area contributed by atoms with Gasteiger partial charge in [-0.15, -0.1) is 0 Å². The van der Waals surface area contributed by atoms with Crippen molar-refractivity contribution >= 4 is 6.29 Å². The molecule has 0 aromatic rings. The Morgan fingerprint density at radius 1 is 1.55 bits per heavy atom. The third-order valence-electron chi connectivity index (χ3n) is 1.38. The molecule has 0 heterocycles. The Hall–Kier alpha value is -0.410. The second kappa shape index (κ2) is 7.69. The van der Waals surface area contributed by atoms with Crippen LogP contribution < -0.4 is 0 Å². The molecule has 0 amide bonds. The molecule has 1 atom stereocenters. The molecular weight excluding hydrogens is 144 g/mol. The smallest absolute Gasteiger partial charge is 0.146 e. The summed E-state index contributed by atoms with van der Waals surface area (Å²) in [5, 5.41) is 0. The van der Waals surface area contributed by atoms with E-state index in [2.05, 4.69) is 6.92 Å². The summed E-state index contributed by atoms with van der Waals surface area (Å²) in [7, 11) is 1.59. The molecule has 0 aliphatic carbocycles. The molecule has 0 aliphatic heterocycles. The second-order valence-electron chi connectivity index (χ2n) is 2.63. The van der Waals surface area contributed by atoms with Crippen molar-refractivity contribution in [2.45, 2.75) is 19.8 Å². The van der Waals surface area contributed by atoms with E-state index in [-0.39, 0.29) is 0 Å². The van der Waals surface area contributed by atoms with Crippen LogP contribution in [0.2, 0.25) is 0 Å². The molecule has 0 N–H and O–H groups in total. The van der Waals surface area contributed by atoms with Gasteiger partial charge in [-0.3, -0.25) is 0 Å². The van der Waals surface area contributed by atoms with E-state index in [0.717, 1.165) is 12.7 Å². The van der Waals surface area contributed by atoms with Gasteiger partial charge in [0.25, 0.3) is 0 Å². The fraction of sp³-hybridized carbons (Fsp3) is 0.875. The highest BCUT2D eigenvalue weighted by Crippen LogP contribution is 2.03. The van der Waals surface area contributed by atoms with Gasteiger partial charge in [0.2, 0.25) is 0 Å². The van der Waals surface area contributed by atoms with E-state index in [4.69, 9.17) is 9.47 Å². The van der Waals surface area contributed by atoms with Gasteiger partial charge in [-0.1, -0.05) is 6.92 Å². The first-order valence-corrected chi connectivity index (χ1v) is 3.81. The molecule has 0 spiro atoms. The quantitative estimate of drug-likeness (QED) is 0.319. The number of aldehydes is 1. The van der Waals surface area contributed by atoms with Gasteiger partial charge in [-0.2, -0.15) is 0 Å². The molecule has 0 aromatic heterocycles. The molecule has 0 radical (unpaired) electrons. The van der Waals surface area contributed by atoms with E-state index in [9.17, 15) is 4.79 Å². The number of ether oxygens (including phenoxy) is 2. The lowest BCUT2D eigenvalue weighted by molar-refractivity contribution is -0.108. The number of hydrogen-bond acceptors (Lipinski definition) is 3. The zero-order valence-electron chi connectivity index (χ0n) is 7.21. The van der Waals surface area contributed by atoms with Crippen molar-refractivity contribution in [1.29, 1.82) is 0 Å². The zero-order valence-corrected chi connectivity index (χ0v) is 7.21. The topological polar surface area (TPSA) is 35.5 Å². The zero-order chi connectivity index (χ0) is 8.53. The predicted octanol–water partition coefficient (Wildman–Crippen LogP) is 1.22. The van der Waals surface area contributed by atoms with Crippen LogP contribution in [-0.4, -0.2) is 26.8 Å². The van der Waals surface area contributed by atoms with Gasteiger partial charge in [-0.25, -0.2) is 0 Å². The van der Waals surface area contributed by atoms with E-state index >= 15 is 0 Å². The van der Waals surface area contributed by atoms with Crippen LogP contribution in [0.4, 0.5) is 0 Å². The van der Waals surface area contributed by atoms with Gasteiger partial charge in [0.1, 0.15) is 13.1 Å². The van der Waals surface area contributed by atoms with Crippen molar-refractivity contribution in [2.24, 2.45) is 5.92 Å². The second-order valence-corrected chi connectivity index (χ2v) is 2.63. The van der Waals surface area contributed by atoms with Crippen molar-refractivity contribution in [2.75, 3.05) is 20.5 Å². The maximum atomic E-state index is 9.97. The average molecular weight is 160 g/mol. The van der Waals surface area contributed by atoms with Crippen LogP contribution in [0.25, 0.3) is 0 Å². The molecule has 3 nitrogen and oxygen atoms in total. The first kappa shape index (κ1) is 10.6. The lowest BCUT2D eigenvalue weighted by Gasteiger charge is -2.08. The molecule has 11 heavy (non-hydrogen) atoms. The number of rotatable bonds is 7. The third-order valence-corrected chi connectivity index (χ3v) is 1.38. The van der Waals surface area contributed by atoms with E-state index in [0.29, 0.717) is 25.7 Å². The number of methoxy groups -OCH3 is 1. The lowest BCUT2D eigenvalue weighted by atomic mass is 10.1. The van der Waals surface area contributed by atoms with Crippen LogP contribution in [0.15, 0.2) is 0 Å². The fourth-order valence-corrected chi connectivity index (χ4v) is 0.769. The van der Waals surface area contributed by atoms with Gasteiger partial charge >= 0.3 is 0 Å². The summed E-state index contributed by atoms with van der Waals surface area (Å²) >= 11 is 0. The number of hydrogen-bond donors (Lipinski definition) is 0. The number of carbonyl (C=O) groups excluding carboxylic acids is 1. The van der Waals surface area contributed by atoms with Crippen molar-refractivity contribution in [3.8, 4) is 0 Å². The van der Waals surface area contributed by atoms with Gasteiger partial charge in [0.05, 0.1) is 6.61 Å². The molecule has 0 aliphatic rings. The third kappa shape index (κ3) is 7.49. The Kier molecular flexibility index (Phi) is 7.41. The van der Waals surface area contributed by atoms with E-state index in [1.54, 1.807) is 7.11 Å². The van der Waals surface area contributed by atoms with Crippen molar-refractivity contribution < 1.29 is 14.3 Å². The first-order valence-electron chi connectivity index (χ1n) is 3.81. The van der Waals surface area contributed by atoms with Crippen LogP contribution in [0, 0.1) is 5.92 Å². The van der Waals surface area contributed by atoms with Gasteiger partial charge in [-0.05, 0) is 12.3 Å². The van der Waals surface area contributed by atoms with E-state index in [1.807, 2.05) is 0 Å². The van der Waals surface area contributed by atoms with Gasteiger partial charge in [0.15, 0.2) is 0 Å². The van der Waals surface area contributed by atoms with Crippen molar-refractivity contribution in [3.05, 3.63) is 0 Å². The Labute approximate surface area is 67.7 Å². The standard InChI is InChI=1S/C8H16O3/c1-8(4-3-5-9)6-11-7-10-2/h5,8H,3-4,6-7H2,1-2H3/t8-/m0/s1. The minimum absolute atomic E-state index is 0.339. The predicted molar refractivity (Wildman–Crippen MR) is 42.3 cm³/mol. The monoisotopic (exact) mass is 160 g/mol. The van der Waals surface area contributed by atoms with E-state index in [1.165, 1.54) is 0 Å². The molecule has 0 rings (SSSR count). The summed E-state index contributed by atoms with van der Waals surface area (Å²) in [6.45, 7) is 3.06. The molecule has 0 bridgehead atoms. The molecule has 0 saturated heterocycles. The molecule has 0 unspecified atom stereocenters. The highest BCUT2D eigenvalue weighted by Gasteiger charge is 2.00. The summed E-state index contributed by atoms with van der Waals surface area (Å²) in [5.74, 6) is 0.440. The summed E-state index contributed by atoms with van der Waals surface area (Å²) in [6, 6.07) is 0. The summed E-state index contributed by atoms with van der Waals surface area (Å²) < 4.78 is 9.81. The van der Waals surface area contributed by atoms with Crippen LogP contribution >= 0.6 is 0 Å². The van der Waals surface area contributed by atoms with Gasteiger partial charge < -0.3 is 14.3 Å². The number of carbonyl (C=O) groups is 1. The first-order chi connectivity index (χ1) is 5.31. The molecule has 0 fully saturated rings. The summed E-state index contributed by atoms with van der Waals surface area (Å²) in [6.07, 6.45) is 2.46. The fourth-order valence-electron chi connectivity index (χ4n) is 0.769. The molecule has 0 saturated carbocycles. The summed E-state index contributed by atoms with van der Waals surface area (Å²) in [4.78, 5) is 9.97. The Morgan fingerprint density at radius 2 is 2.27 bits per heavy atom. The van der Waals surface area contributed by atoms with Crippen LogP contribution in [0.5, 0.6) is 0 Å². The Bertz CT molecular complexity index is 93.3. The minimum atomic E-state index is 0.339. The maximum Gasteiger partial charge on any atom is 0.146 e. The van der Waals surface area contributed by atoms with Gasteiger partial charge in [0, 0.05) is 13.5 Å². The van der Waals surface area contributed by atoms with E-state index < -0.39 is 0 Å². The SMILES string of the molecule is COCOC[C@@H](C)CCC=O. The highest BCUT2D eigenvalue weighted by atomic mass is 16.7.